The van der Waals surface area contributed by atoms with Crippen LogP contribution in [0.4, 0.5) is 4.79 Å². The number of ether oxygens (including phenoxy) is 2. The quantitative estimate of drug-likeness (QED) is 0.510. The highest BCUT2D eigenvalue weighted by Crippen LogP contribution is 2.09. The molecule has 0 saturated heterocycles. The molecule has 0 aliphatic carbocycles. The Kier molecular flexibility index (Phi) is 6.03. The van der Waals surface area contributed by atoms with Crippen LogP contribution in [-0.4, -0.2) is 24.1 Å². The van der Waals surface area contributed by atoms with E-state index in [-0.39, 0.29) is 5.84 Å². The number of benzene rings is 1. The summed E-state index contributed by atoms with van der Waals surface area (Å²) in [6.45, 7) is 5.87. The molecule has 0 aromatic heterocycles. The number of hydrogen-bond acceptors (Lipinski definition) is 3. The van der Waals surface area contributed by atoms with E-state index < -0.39 is 11.7 Å². The third-order valence-electron chi connectivity index (χ3n) is 2.22. The van der Waals surface area contributed by atoms with Crippen molar-refractivity contribution in [1.82, 2.24) is 0 Å². The molecule has 0 bridgehead atoms. The van der Waals surface area contributed by atoms with Gasteiger partial charge in [0.15, 0.2) is 0 Å². The maximum Gasteiger partial charge on any atom is 0.435 e. The molecule has 5 heteroatoms. The molecule has 0 saturated carbocycles. The molecule has 1 rings (SSSR count). The Morgan fingerprint density at radius 2 is 1.90 bits per heavy atom. The van der Waals surface area contributed by atoms with Crippen molar-refractivity contribution in [3.05, 3.63) is 30.3 Å². The first kappa shape index (κ1) is 16.0. The Morgan fingerprint density at radius 1 is 1.25 bits per heavy atom. The highest BCUT2D eigenvalue weighted by molar-refractivity contribution is 5.90. The summed E-state index contributed by atoms with van der Waals surface area (Å²) < 4.78 is 10.6. The molecule has 0 radical (unpaired) electrons. The summed E-state index contributed by atoms with van der Waals surface area (Å²) >= 11 is 0. The van der Waals surface area contributed by atoms with Gasteiger partial charge in [-0.1, -0.05) is 18.2 Å². The zero-order chi connectivity index (χ0) is 15.0. The van der Waals surface area contributed by atoms with Gasteiger partial charge < -0.3 is 15.2 Å². The summed E-state index contributed by atoms with van der Waals surface area (Å²) in [4.78, 5) is 15.1. The van der Waals surface area contributed by atoms with Crippen molar-refractivity contribution < 1.29 is 14.3 Å². The van der Waals surface area contributed by atoms with Crippen LogP contribution in [0.5, 0.6) is 5.75 Å². The molecule has 1 amide bonds. The molecule has 0 spiro atoms. The predicted octanol–water partition coefficient (Wildman–Crippen LogP) is 3.14. The van der Waals surface area contributed by atoms with Crippen LogP contribution < -0.4 is 10.5 Å². The molecular weight excluding hydrogens is 256 g/mol. The first-order valence-electron chi connectivity index (χ1n) is 6.61. The average Bonchev–Trinajstić information content (AvgIpc) is 2.33. The van der Waals surface area contributed by atoms with Crippen LogP contribution in [-0.2, 0) is 4.74 Å². The second-order valence-corrected chi connectivity index (χ2v) is 5.35. The molecule has 1 aromatic carbocycles. The van der Waals surface area contributed by atoms with Crippen molar-refractivity contribution >= 4 is 11.9 Å². The summed E-state index contributed by atoms with van der Waals surface area (Å²) in [5.41, 5.74) is 5.11. The Bertz CT molecular complexity index is 450. The maximum absolute atomic E-state index is 11.4. The lowest BCUT2D eigenvalue weighted by Gasteiger charge is -2.17. The second kappa shape index (κ2) is 7.53. The van der Waals surface area contributed by atoms with Gasteiger partial charge in [-0.3, -0.25) is 0 Å². The number of carbonyl (C=O) groups excluding carboxylic acids is 1. The van der Waals surface area contributed by atoms with E-state index in [4.69, 9.17) is 15.2 Å². The van der Waals surface area contributed by atoms with Gasteiger partial charge in [0.2, 0.25) is 0 Å². The van der Waals surface area contributed by atoms with E-state index in [9.17, 15) is 4.79 Å². The van der Waals surface area contributed by atoms with Gasteiger partial charge in [0.1, 0.15) is 17.2 Å². The van der Waals surface area contributed by atoms with Crippen molar-refractivity contribution in [2.24, 2.45) is 10.7 Å². The Morgan fingerprint density at radius 3 is 2.50 bits per heavy atom. The molecule has 0 unspecified atom stereocenters. The van der Waals surface area contributed by atoms with Crippen LogP contribution in [0.3, 0.4) is 0 Å². The zero-order valence-electron chi connectivity index (χ0n) is 12.3. The van der Waals surface area contributed by atoms with Crippen LogP contribution in [0.2, 0.25) is 0 Å². The fourth-order valence-corrected chi connectivity index (χ4v) is 1.42. The van der Waals surface area contributed by atoms with Crippen LogP contribution >= 0.6 is 0 Å². The molecule has 1 aromatic rings. The lowest BCUT2D eigenvalue weighted by atomic mass is 10.2. The summed E-state index contributed by atoms with van der Waals surface area (Å²) in [5.74, 6) is 1.08. The molecule has 0 fully saturated rings. The van der Waals surface area contributed by atoms with Gasteiger partial charge >= 0.3 is 6.09 Å². The fourth-order valence-electron chi connectivity index (χ4n) is 1.42. The summed E-state index contributed by atoms with van der Waals surface area (Å²) in [6.07, 6.45) is 0.526. The van der Waals surface area contributed by atoms with E-state index >= 15 is 0 Å². The Hall–Kier alpha value is -2.04. The van der Waals surface area contributed by atoms with Gasteiger partial charge in [-0.15, -0.1) is 0 Å². The number of nitrogens with two attached hydrogens (primary N) is 1. The number of rotatable bonds is 5. The van der Waals surface area contributed by atoms with Gasteiger partial charge in [-0.05, 0) is 39.3 Å². The van der Waals surface area contributed by atoms with E-state index in [1.165, 1.54) is 0 Å². The first-order chi connectivity index (χ1) is 9.37. The standard InChI is InChI=1S/C15H22N2O3/c1-15(2,3)20-14(18)17-13(16)10-7-11-19-12-8-5-4-6-9-12/h4-6,8-9H,7,10-11H2,1-3H3,(H2,16,17,18). The number of nitrogens with zero attached hydrogens (tertiary/aromatic N) is 1. The monoisotopic (exact) mass is 278 g/mol. The number of amidine groups is 1. The average molecular weight is 278 g/mol. The van der Waals surface area contributed by atoms with Crippen molar-refractivity contribution in [3.63, 3.8) is 0 Å². The normalized spacial score (nSPS) is 12.1. The summed E-state index contributed by atoms with van der Waals surface area (Å²) in [5, 5.41) is 0. The second-order valence-electron chi connectivity index (χ2n) is 5.35. The van der Waals surface area contributed by atoms with Crippen molar-refractivity contribution in [1.29, 1.82) is 0 Å². The van der Waals surface area contributed by atoms with E-state index in [1.54, 1.807) is 20.8 Å². The number of hydrogen-bond donors (Lipinski definition) is 1. The third-order valence-corrected chi connectivity index (χ3v) is 2.22. The molecular formula is C15H22N2O3. The minimum atomic E-state index is -0.654. The van der Waals surface area contributed by atoms with Crippen molar-refractivity contribution in [2.45, 2.75) is 39.2 Å². The largest absolute Gasteiger partial charge is 0.494 e. The topological polar surface area (TPSA) is 73.9 Å². The smallest absolute Gasteiger partial charge is 0.435 e. The number of carbonyl (C=O) groups is 1. The van der Waals surface area contributed by atoms with Gasteiger partial charge in [0.05, 0.1) is 6.61 Å². The highest BCUT2D eigenvalue weighted by atomic mass is 16.6. The van der Waals surface area contributed by atoms with Crippen LogP contribution in [0.15, 0.2) is 35.3 Å². The van der Waals surface area contributed by atoms with E-state index in [1.807, 2.05) is 30.3 Å². The van der Waals surface area contributed by atoms with Crippen molar-refractivity contribution in [3.8, 4) is 5.75 Å². The number of amides is 1. The molecule has 2 N–H and O–H groups in total. The first-order valence-corrected chi connectivity index (χ1v) is 6.61. The number of aliphatic imine (C=N–C) groups is 1. The molecule has 0 atom stereocenters. The zero-order valence-corrected chi connectivity index (χ0v) is 12.3. The Labute approximate surface area is 119 Å². The molecule has 110 valence electrons. The number of para-hydroxylation sites is 1. The van der Waals surface area contributed by atoms with Gasteiger partial charge in [-0.2, -0.15) is 4.99 Å². The molecule has 0 aliphatic rings. The van der Waals surface area contributed by atoms with E-state index in [0.29, 0.717) is 19.4 Å². The summed E-state index contributed by atoms with van der Waals surface area (Å²) in [7, 11) is 0. The lowest BCUT2D eigenvalue weighted by Crippen LogP contribution is -2.24. The van der Waals surface area contributed by atoms with E-state index in [2.05, 4.69) is 4.99 Å². The summed E-state index contributed by atoms with van der Waals surface area (Å²) in [6, 6.07) is 9.52. The molecule has 0 aliphatic heterocycles. The van der Waals surface area contributed by atoms with Crippen LogP contribution in [0.1, 0.15) is 33.6 Å². The van der Waals surface area contributed by atoms with Crippen molar-refractivity contribution in [2.75, 3.05) is 6.61 Å². The minimum Gasteiger partial charge on any atom is -0.494 e. The van der Waals surface area contributed by atoms with Crippen LogP contribution in [0.25, 0.3) is 0 Å². The van der Waals surface area contributed by atoms with Gasteiger partial charge in [0.25, 0.3) is 0 Å². The molecule has 5 nitrogen and oxygen atoms in total. The predicted molar refractivity (Wildman–Crippen MR) is 79.0 cm³/mol. The van der Waals surface area contributed by atoms with E-state index in [0.717, 1.165) is 5.75 Å². The molecule has 0 heterocycles. The van der Waals surface area contributed by atoms with Gasteiger partial charge in [-0.25, -0.2) is 4.79 Å². The SMILES string of the molecule is CC(C)(C)OC(=O)/N=C(\N)CCCOc1ccccc1. The van der Waals surface area contributed by atoms with Crippen LogP contribution in [0, 0.1) is 0 Å². The molecule has 20 heavy (non-hydrogen) atoms. The maximum atomic E-state index is 11.4. The lowest BCUT2D eigenvalue weighted by molar-refractivity contribution is 0.0603. The minimum absolute atomic E-state index is 0.260. The van der Waals surface area contributed by atoms with Gasteiger partial charge in [0, 0.05) is 6.42 Å². The Balaban J connectivity index is 2.26. The third kappa shape index (κ3) is 7.41. The highest BCUT2D eigenvalue weighted by Gasteiger charge is 2.15. The fraction of sp³-hybridized carbons (Fsp3) is 0.467.